The van der Waals surface area contributed by atoms with Gasteiger partial charge in [0.25, 0.3) is 5.91 Å². The average molecular weight is 357 g/mol. The van der Waals surface area contributed by atoms with E-state index in [0.29, 0.717) is 21.6 Å². The summed E-state index contributed by atoms with van der Waals surface area (Å²) in [5, 5.41) is 21.1. The first kappa shape index (κ1) is 16.7. The van der Waals surface area contributed by atoms with Gasteiger partial charge in [-0.2, -0.15) is 0 Å². The molecular weight excluding hydrogens is 342 g/mol. The van der Waals surface area contributed by atoms with Gasteiger partial charge in [-0.1, -0.05) is 17.4 Å². The minimum atomic E-state index is -0.400. The van der Waals surface area contributed by atoms with Crippen molar-refractivity contribution in [2.75, 3.05) is 19.5 Å². The molecule has 1 heterocycles. The Labute approximate surface area is 147 Å². The molecule has 0 atom stereocenters. The van der Waals surface area contributed by atoms with Gasteiger partial charge in [0.05, 0.1) is 14.2 Å². The fraction of sp³-hybridized carbons (Fsp3) is 0.118. The Morgan fingerprint density at radius 3 is 2.28 bits per heavy atom. The maximum Gasteiger partial charge on any atom is 0.265 e. The van der Waals surface area contributed by atoms with Crippen molar-refractivity contribution in [3.63, 3.8) is 0 Å². The lowest BCUT2D eigenvalue weighted by atomic mass is 10.1. The molecular formula is C17H15N3O4S. The number of carbonyl (C=O) groups excluding carboxylic acids is 1. The summed E-state index contributed by atoms with van der Waals surface area (Å²) in [6.45, 7) is 0. The molecule has 8 heteroatoms. The lowest BCUT2D eigenvalue weighted by Gasteiger charge is -2.11. The number of methoxy groups -OCH3 is 2. The van der Waals surface area contributed by atoms with Crippen LogP contribution in [0, 0.1) is 0 Å². The van der Waals surface area contributed by atoms with Gasteiger partial charge in [-0.3, -0.25) is 10.1 Å². The van der Waals surface area contributed by atoms with E-state index in [1.54, 1.807) is 42.5 Å². The Kier molecular flexibility index (Phi) is 4.80. The monoisotopic (exact) mass is 357 g/mol. The lowest BCUT2D eigenvalue weighted by molar-refractivity contribution is 0.102. The molecule has 0 aliphatic rings. The average Bonchev–Trinajstić information content (AvgIpc) is 3.09. The number of nitrogens with zero attached hydrogens (tertiary/aromatic N) is 2. The van der Waals surface area contributed by atoms with Crippen LogP contribution in [-0.4, -0.2) is 35.4 Å². The van der Waals surface area contributed by atoms with Crippen LogP contribution in [0.5, 0.6) is 17.2 Å². The number of benzene rings is 2. The summed E-state index contributed by atoms with van der Waals surface area (Å²) in [5.74, 6) is 0.577. The van der Waals surface area contributed by atoms with Gasteiger partial charge in [0.1, 0.15) is 27.8 Å². The van der Waals surface area contributed by atoms with E-state index in [0.717, 1.165) is 5.56 Å². The number of phenols is 1. The first-order valence-electron chi connectivity index (χ1n) is 7.27. The lowest BCUT2D eigenvalue weighted by Crippen LogP contribution is -2.14. The van der Waals surface area contributed by atoms with E-state index in [2.05, 4.69) is 15.5 Å². The number of carbonyl (C=O) groups is 1. The summed E-state index contributed by atoms with van der Waals surface area (Å²) < 4.78 is 10.5. The molecule has 2 N–H and O–H groups in total. The van der Waals surface area contributed by atoms with Crippen molar-refractivity contribution in [1.29, 1.82) is 0 Å². The van der Waals surface area contributed by atoms with E-state index in [1.807, 2.05) is 0 Å². The van der Waals surface area contributed by atoms with Crippen molar-refractivity contribution in [2.24, 2.45) is 0 Å². The van der Waals surface area contributed by atoms with Crippen molar-refractivity contribution in [3.05, 3.63) is 48.0 Å². The highest BCUT2D eigenvalue weighted by atomic mass is 32.1. The molecule has 0 bridgehead atoms. The van der Waals surface area contributed by atoms with Crippen molar-refractivity contribution >= 4 is 22.4 Å². The van der Waals surface area contributed by atoms with Gasteiger partial charge in [-0.15, -0.1) is 10.2 Å². The quantitative estimate of drug-likeness (QED) is 0.728. The van der Waals surface area contributed by atoms with Crippen LogP contribution in [0.3, 0.4) is 0 Å². The summed E-state index contributed by atoms with van der Waals surface area (Å²) in [4.78, 5) is 12.6. The van der Waals surface area contributed by atoms with E-state index in [-0.39, 0.29) is 11.3 Å². The zero-order valence-electron chi connectivity index (χ0n) is 13.5. The summed E-state index contributed by atoms with van der Waals surface area (Å²) in [6.07, 6.45) is 0. The number of anilines is 1. The second kappa shape index (κ2) is 7.18. The maximum atomic E-state index is 12.6. The molecule has 3 rings (SSSR count). The minimum Gasteiger partial charge on any atom is -0.508 e. The summed E-state index contributed by atoms with van der Waals surface area (Å²) in [5.41, 5.74) is 1.08. The maximum absolute atomic E-state index is 12.6. The molecule has 0 aliphatic carbocycles. The number of nitrogens with one attached hydrogen (secondary N) is 1. The SMILES string of the molecule is COc1cccc(OC)c1C(=O)Nc1nnc(-c2ccc(O)cc2)s1. The molecule has 3 aromatic rings. The standard InChI is InChI=1S/C17H15N3O4S/c1-23-12-4-3-5-13(24-2)14(12)15(22)18-17-20-19-16(25-17)10-6-8-11(21)9-7-10/h3-9,21H,1-2H3,(H,18,20,22). The predicted octanol–water partition coefficient (Wildman–Crippen LogP) is 3.18. The third kappa shape index (κ3) is 3.53. The highest BCUT2D eigenvalue weighted by Gasteiger charge is 2.20. The summed E-state index contributed by atoms with van der Waals surface area (Å²) >= 11 is 1.22. The Morgan fingerprint density at radius 2 is 1.68 bits per heavy atom. The molecule has 1 aromatic heterocycles. The number of phenolic OH excluding ortho intramolecular Hbond substituents is 1. The first-order valence-corrected chi connectivity index (χ1v) is 8.09. The third-order valence-corrected chi connectivity index (χ3v) is 4.30. The third-order valence-electron chi connectivity index (χ3n) is 3.41. The normalized spacial score (nSPS) is 10.3. The van der Waals surface area contributed by atoms with Crippen molar-refractivity contribution in [1.82, 2.24) is 10.2 Å². The molecule has 7 nitrogen and oxygen atoms in total. The van der Waals surface area contributed by atoms with Crippen LogP contribution in [0.1, 0.15) is 10.4 Å². The number of hydrogen-bond acceptors (Lipinski definition) is 7. The molecule has 25 heavy (non-hydrogen) atoms. The highest BCUT2D eigenvalue weighted by molar-refractivity contribution is 7.18. The van der Waals surface area contributed by atoms with Crippen LogP contribution in [0.25, 0.3) is 10.6 Å². The number of aromatic nitrogens is 2. The largest absolute Gasteiger partial charge is 0.508 e. The number of hydrogen-bond donors (Lipinski definition) is 2. The van der Waals surface area contributed by atoms with Crippen LogP contribution in [0.4, 0.5) is 5.13 Å². The number of rotatable bonds is 5. The molecule has 1 amide bonds. The van der Waals surface area contributed by atoms with Gasteiger partial charge >= 0.3 is 0 Å². The fourth-order valence-corrected chi connectivity index (χ4v) is 2.97. The topological polar surface area (TPSA) is 93.6 Å². The number of ether oxygens (including phenoxy) is 2. The van der Waals surface area contributed by atoms with Crippen molar-refractivity contribution in [3.8, 4) is 27.8 Å². The van der Waals surface area contributed by atoms with Gasteiger partial charge in [0, 0.05) is 5.56 Å². The first-order chi connectivity index (χ1) is 12.1. The van der Waals surface area contributed by atoms with E-state index in [9.17, 15) is 9.90 Å². The molecule has 0 aliphatic heterocycles. The Hall–Kier alpha value is -3.13. The van der Waals surface area contributed by atoms with Crippen LogP contribution in [0.2, 0.25) is 0 Å². The van der Waals surface area contributed by atoms with Crippen LogP contribution < -0.4 is 14.8 Å². The molecule has 0 fully saturated rings. The molecule has 0 saturated heterocycles. The molecule has 0 unspecified atom stereocenters. The zero-order valence-corrected chi connectivity index (χ0v) is 14.3. The van der Waals surface area contributed by atoms with Crippen LogP contribution in [0.15, 0.2) is 42.5 Å². The highest BCUT2D eigenvalue weighted by Crippen LogP contribution is 2.31. The van der Waals surface area contributed by atoms with Crippen molar-refractivity contribution in [2.45, 2.75) is 0 Å². The Morgan fingerprint density at radius 1 is 1.04 bits per heavy atom. The van der Waals surface area contributed by atoms with Crippen LogP contribution >= 0.6 is 11.3 Å². The van der Waals surface area contributed by atoms with Gasteiger partial charge in [0.2, 0.25) is 5.13 Å². The van der Waals surface area contributed by atoms with E-state index in [4.69, 9.17) is 9.47 Å². The zero-order chi connectivity index (χ0) is 17.8. The molecule has 2 aromatic carbocycles. The van der Waals surface area contributed by atoms with Crippen LogP contribution in [-0.2, 0) is 0 Å². The second-order valence-electron chi connectivity index (χ2n) is 4.95. The van der Waals surface area contributed by atoms with E-state index < -0.39 is 5.91 Å². The molecule has 0 spiro atoms. The number of aromatic hydroxyl groups is 1. The molecule has 0 saturated carbocycles. The second-order valence-corrected chi connectivity index (χ2v) is 5.93. The fourth-order valence-electron chi connectivity index (χ4n) is 2.23. The van der Waals surface area contributed by atoms with Gasteiger partial charge < -0.3 is 14.6 Å². The Bertz CT molecular complexity index is 871. The van der Waals surface area contributed by atoms with E-state index >= 15 is 0 Å². The van der Waals surface area contributed by atoms with E-state index in [1.165, 1.54) is 25.6 Å². The van der Waals surface area contributed by atoms with Gasteiger partial charge in [-0.25, -0.2) is 0 Å². The number of amides is 1. The Balaban J connectivity index is 1.84. The van der Waals surface area contributed by atoms with Gasteiger partial charge in [0.15, 0.2) is 0 Å². The smallest absolute Gasteiger partial charge is 0.265 e. The van der Waals surface area contributed by atoms with Gasteiger partial charge in [-0.05, 0) is 36.4 Å². The van der Waals surface area contributed by atoms with Crippen molar-refractivity contribution < 1.29 is 19.4 Å². The molecule has 0 radical (unpaired) electrons. The molecule has 128 valence electrons. The summed E-state index contributed by atoms with van der Waals surface area (Å²) in [7, 11) is 2.97. The predicted molar refractivity (Wildman–Crippen MR) is 94.5 cm³/mol. The summed E-state index contributed by atoms with van der Waals surface area (Å²) in [6, 6.07) is 11.7. The minimum absolute atomic E-state index is 0.171.